The Balaban J connectivity index is 2.44. The van der Waals surface area contributed by atoms with Crippen LogP contribution in [0.4, 0.5) is 0 Å². The molecule has 0 unspecified atom stereocenters. The van der Waals surface area contributed by atoms with Crippen LogP contribution in [0.15, 0.2) is 36.4 Å². The van der Waals surface area contributed by atoms with Gasteiger partial charge in [0.2, 0.25) is 0 Å². The van der Waals surface area contributed by atoms with Gasteiger partial charge in [-0.25, -0.2) is 0 Å². The molecule has 2 aromatic rings. The number of aryl methyl sites for hydroxylation is 2. The van der Waals surface area contributed by atoms with Crippen molar-refractivity contribution in [3.05, 3.63) is 58.7 Å². The largest absolute Gasteiger partial charge is 0.329 e. The van der Waals surface area contributed by atoms with Crippen molar-refractivity contribution in [3.8, 4) is 0 Å². The Bertz CT molecular complexity index is 747. The van der Waals surface area contributed by atoms with Crippen LogP contribution in [-0.4, -0.2) is 26.2 Å². The van der Waals surface area contributed by atoms with E-state index >= 15 is 0 Å². The number of hydrogen-bond acceptors (Lipinski definition) is 5. The minimum atomic E-state index is -2.22. The first-order valence-corrected chi connectivity index (χ1v) is 13.2. The third-order valence-corrected chi connectivity index (χ3v) is 9.05. The molecule has 0 atom stereocenters. The van der Waals surface area contributed by atoms with E-state index in [0.717, 1.165) is 36.8 Å². The third kappa shape index (κ3) is 6.13. The van der Waals surface area contributed by atoms with Gasteiger partial charge >= 0.3 is 0 Å². The number of nitrogens with two attached hydrogens (primary N) is 2. The lowest BCUT2D eigenvalue weighted by Crippen LogP contribution is -2.28. The molecule has 7 heteroatoms. The zero-order valence-corrected chi connectivity index (χ0v) is 18.8. The first-order valence-electron chi connectivity index (χ1n) is 9.24. The number of thiol groups is 1. The number of nitrogens with one attached hydrogen (secondary N) is 2. The van der Waals surface area contributed by atoms with Gasteiger partial charge in [0.05, 0.1) is 5.24 Å². The molecule has 0 spiro atoms. The van der Waals surface area contributed by atoms with Gasteiger partial charge < -0.3 is 22.1 Å². The van der Waals surface area contributed by atoms with E-state index in [-0.39, 0.29) is 0 Å². The third-order valence-electron chi connectivity index (χ3n) is 4.40. The molecule has 0 amide bonds. The Morgan fingerprint density at radius 3 is 1.63 bits per heavy atom. The zero-order chi connectivity index (χ0) is 19.9. The Morgan fingerprint density at radius 1 is 0.852 bits per heavy atom. The van der Waals surface area contributed by atoms with Gasteiger partial charge in [0.25, 0.3) is 0 Å². The molecule has 0 aliphatic rings. The number of hydrogen-bond donors (Lipinski definition) is 5. The molecule has 2 aromatic carbocycles. The van der Waals surface area contributed by atoms with Gasteiger partial charge in [-0.05, 0) is 25.0 Å². The average molecular weight is 423 g/mol. The number of rotatable bonds is 10. The summed E-state index contributed by atoms with van der Waals surface area (Å²) >= 11 is 11.3. The van der Waals surface area contributed by atoms with Crippen molar-refractivity contribution in [1.82, 2.24) is 10.6 Å². The van der Waals surface area contributed by atoms with Crippen LogP contribution in [0.2, 0.25) is 0 Å². The fraction of sp³-hybridized carbons (Fsp3) is 0.400. The maximum absolute atomic E-state index is 6.17. The van der Waals surface area contributed by atoms with Crippen LogP contribution in [0, 0.1) is 13.8 Å². The maximum atomic E-state index is 6.17. The molecule has 148 valence electrons. The van der Waals surface area contributed by atoms with Crippen LogP contribution in [0.1, 0.15) is 22.3 Å². The van der Waals surface area contributed by atoms with Crippen molar-refractivity contribution in [2.24, 2.45) is 11.5 Å². The molecule has 0 aliphatic carbocycles. The summed E-state index contributed by atoms with van der Waals surface area (Å²) in [5, 5.41) is 6.87. The first-order chi connectivity index (χ1) is 12.9. The minimum absolute atomic E-state index is 0.616. The van der Waals surface area contributed by atoms with Crippen molar-refractivity contribution in [3.63, 3.8) is 0 Å². The monoisotopic (exact) mass is 422 g/mol. The highest BCUT2D eigenvalue weighted by molar-refractivity contribution is 8.68. The highest BCUT2D eigenvalue weighted by Gasteiger charge is 2.23. The summed E-state index contributed by atoms with van der Waals surface area (Å²) in [6.45, 7) is 8.50. The van der Waals surface area contributed by atoms with E-state index in [2.05, 4.69) is 60.9 Å². The van der Waals surface area contributed by atoms with Crippen molar-refractivity contribution < 1.29 is 0 Å². The molecule has 6 N–H and O–H groups in total. The van der Waals surface area contributed by atoms with E-state index in [1.807, 2.05) is 0 Å². The molecule has 0 fully saturated rings. The summed E-state index contributed by atoms with van der Waals surface area (Å²) in [6.07, 6.45) is 0. The van der Waals surface area contributed by atoms with Crippen LogP contribution < -0.4 is 32.7 Å². The summed E-state index contributed by atoms with van der Waals surface area (Å²) in [6, 6.07) is 13.0. The molecule has 27 heavy (non-hydrogen) atoms. The molecule has 2 rings (SSSR count). The lowest BCUT2D eigenvalue weighted by molar-refractivity contribution is 0.696. The predicted molar refractivity (Wildman–Crippen MR) is 126 cm³/mol. The Hall–Kier alpha value is -0.720. The predicted octanol–water partition coefficient (Wildman–Crippen LogP) is 1.68. The summed E-state index contributed by atoms with van der Waals surface area (Å²) in [4.78, 5) is 0. The lowest BCUT2D eigenvalue weighted by atomic mass is 10.1. The molecule has 0 aromatic heterocycles. The molecule has 0 saturated carbocycles. The number of benzene rings is 2. The van der Waals surface area contributed by atoms with Crippen LogP contribution in [0.3, 0.4) is 0 Å². The molecule has 0 aliphatic heterocycles. The summed E-state index contributed by atoms with van der Waals surface area (Å²) < 4.78 is 0. The van der Waals surface area contributed by atoms with E-state index in [0.29, 0.717) is 13.1 Å². The standard InChI is InChI=1S/C20H31N4PS2/c1-15-3-5-19(17(11-15)13-23-9-7-21)25(26,27)20-6-4-16(2)12-18(20)14-24-10-8-22/h3-6,11-12,23-24H,7-10,13-14,21-22H2,1-2H3,(H,26,27). The van der Waals surface area contributed by atoms with E-state index < -0.39 is 5.24 Å². The van der Waals surface area contributed by atoms with E-state index in [1.165, 1.54) is 22.3 Å². The first kappa shape index (κ1) is 22.6. The van der Waals surface area contributed by atoms with Crippen molar-refractivity contribution >= 4 is 39.9 Å². The fourth-order valence-corrected chi connectivity index (χ4v) is 7.20. The van der Waals surface area contributed by atoms with Crippen LogP contribution in [0.25, 0.3) is 0 Å². The van der Waals surface area contributed by atoms with Crippen molar-refractivity contribution in [2.75, 3.05) is 26.2 Å². The molecular weight excluding hydrogens is 391 g/mol. The van der Waals surface area contributed by atoms with Crippen LogP contribution in [0.5, 0.6) is 0 Å². The zero-order valence-electron chi connectivity index (χ0n) is 16.2. The SMILES string of the molecule is Cc1ccc(P(=S)(S)c2ccc(C)cc2CNCCN)c(CNCCN)c1. The van der Waals surface area contributed by atoms with Crippen LogP contribution in [-0.2, 0) is 24.9 Å². The van der Waals surface area contributed by atoms with Gasteiger partial charge in [-0.3, -0.25) is 0 Å². The highest BCUT2D eigenvalue weighted by Crippen LogP contribution is 2.50. The van der Waals surface area contributed by atoms with E-state index in [1.54, 1.807) is 0 Å². The fourth-order valence-electron chi connectivity index (χ4n) is 3.08. The van der Waals surface area contributed by atoms with Crippen molar-refractivity contribution in [2.45, 2.75) is 26.9 Å². The van der Waals surface area contributed by atoms with Gasteiger partial charge in [0, 0.05) is 49.9 Å². The molecule has 0 saturated heterocycles. The van der Waals surface area contributed by atoms with Gasteiger partial charge in [-0.1, -0.05) is 59.3 Å². The molecule has 0 radical (unpaired) electrons. The summed E-state index contributed by atoms with van der Waals surface area (Å²) in [5.41, 5.74) is 16.1. The molecule has 0 heterocycles. The second-order valence-electron chi connectivity index (χ2n) is 6.77. The van der Waals surface area contributed by atoms with Gasteiger partial charge in [0.15, 0.2) is 0 Å². The Labute approximate surface area is 173 Å². The second kappa shape index (κ2) is 10.7. The molecule has 0 bridgehead atoms. The maximum Gasteiger partial charge on any atom is 0.0590 e. The normalized spacial score (nSPS) is 11.7. The molecule has 4 nitrogen and oxygen atoms in total. The molecular formula is C20H31N4PS2. The smallest absolute Gasteiger partial charge is 0.0590 e. The lowest BCUT2D eigenvalue weighted by Gasteiger charge is -2.24. The van der Waals surface area contributed by atoms with Gasteiger partial charge in [0.1, 0.15) is 0 Å². The van der Waals surface area contributed by atoms with E-state index in [9.17, 15) is 0 Å². The minimum Gasteiger partial charge on any atom is -0.329 e. The van der Waals surface area contributed by atoms with Gasteiger partial charge in [-0.15, -0.1) is 12.2 Å². The Kier molecular flexibility index (Phi) is 8.96. The van der Waals surface area contributed by atoms with Gasteiger partial charge in [-0.2, -0.15) is 0 Å². The topological polar surface area (TPSA) is 76.1 Å². The van der Waals surface area contributed by atoms with E-state index in [4.69, 9.17) is 35.5 Å². The quantitative estimate of drug-likeness (QED) is 0.229. The summed E-state index contributed by atoms with van der Waals surface area (Å²) in [5.74, 6) is 0. The highest BCUT2D eigenvalue weighted by atomic mass is 32.9. The summed E-state index contributed by atoms with van der Waals surface area (Å²) in [7, 11) is 0. The van der Waals surface area contributed by atoms with Crippen LogP contribution >= 0.6 is 17.5 Å². The Morgan fingerprint density at radius 2 is 1.26 bits per heavy atom. The van der Waals surface area contributed by atoms with Crippen molar-refractivity contribution in [1.29, 1.82) is 0 Å². The average Bonchev–Trinajstić information content (AvgIpc) is 2.62. The second-order valence-corrected chi connectivity index (χ2v) is 13.1.